The summed E-state index contributed by atoms with van der Waals surface area (Å²) in [4.78, 5) is 38.8. The topological polar surface area (TPSA) is 59.1 Å². The van der Waals surface area contributed by atoms with Gasteiger partial charge in [0.25, 0.3) is 5.91 Å². The van der Waals surface area contributed by atoms with Crippen molar-refractivity contribution in [1.82, 2.24) is 4.90 Å². The van der Waals surface area contributed by atoms with Gasteiger partial charge in [-0.25, -0.2) is 18.5 Å². The molecule has 1 fully saturated rings. The number of nitrogens with zero attached hydrogens (tertiary/aromatic N) is 2. The van der Waals surface area contributed by atoms with Crippen LogP contribution in [0.25, 0.3) is 0 Å². The molecule has 0 bridgehead atoms. The average molecular weight is 446 g/mol. The Bertz CT molecular complexity index is 986. The number of anilines is 1. The van der Waals surface area contributed by atoms with E-state index < -0.39 is 28.9 Å². The van der Waals surface area contributed by atoms with Crippen molar-refractivity contribution in [3.8, 4) is 5.75 Å². The Morgan fingerprint density at radius 2 is 1.69 bits per heavy atom. The number of carbonyl (C=O) groups excluding carboxylic acids is 2. The third-order valence-corrected chi connectivity index (χ3v) is 6.09. The van der Waals surface area contributed by atoms with E-state index in [1.807, 2.05) is 19.9 Å². The summed E-state index contributed by atoms with van der Waals surface area (Å²) in [5.74, 6) is -2.01. The number of amides is 1. The van der Waals surface area contributed by atoms with Crippen LogP contribution in [0.4, 0.5) is 14.5 Å². The van der Waals surface area contributed by atoms with E-state index in [0.29, 0.717) is 38.0 Å². The first kappa shape index (κ1) is 23.5. The van der Waals surface area contributed by atoms with Crippen LogP contribution in [0.2, 0.25) is 0 Å². The van der Waals surface area contributed by atoms with Crippen molar-refractivity contribution in [3.05, 3.63) is 59.7 Å². The van der Waals surface area contributed by atoms with Gasteiger partial charge in [-0.1, -0.05) is 19.9 Å². The lowest BCUT2D eigenvalue weighted by Gasteiger charge is -2.36. The third kappa shape index (κ3) is 5.18. The Morgan fingerprint density at radius 3 is 2.31 bits per heavy atom. The minimum absolute atomic E-state index is 0.0901. The molecule has 0 N–H and O–H groups in total. The standard InChI is InChI=1S/C24H28F2N2O4/c1-16(2)24(3,4)23(30)32-31-19-7-5-6-18(15-19)27-10-12-28(13-11-27)22(29)20-9-8-17(25)14-21(20)26/h5-9,14-16H,10-13H2,1-4H3. The minimum atomic E-state index is -0.863. The summed E-state index contributed by atoms with van der Waals surface area (Å²) in [6.07, 6.45) is 0. The van der Waals surface area contributed by atoms with Gasteiger partial charge in [0.05, 0.1) is 11.0 Å². The summed E-state index contributed by atoms with van der Waals surface area (Å²) in [5, 5.41) is 0. The first-order valence-corrected chi connectivity index (χ1v) is 10.6. The lowest BCUT2D eigenvalue weighted by atomic mass is 9.81. The van der Waals surface area contributed by atoms with E-state index in [-0.39, 0.29) is 11.5 Å². The molecule has 1 aliphatic heterocycles. The molecule has 3 rings (SSSR count). The SMILES string of the molecule is CC(C)C(C)(C)C(=O)OOc1cccc(N2CCN(C(=O)c3ccc(F)cc3F)CC2)c1. The predicted octanol–water partition coefficient (Wildman–Crippen LogP) is 4.45. The Kier molecular flexibility index (Phi) is 7.01. The summed E-state index contributed by atoms with van der Waals surface area (Å²) >= 11 is 0. The Labute approximate surface area is 186 Å². The highest BCUT2D eigenvalue weighted by atomic mass is 19.1. The van der Waals surface area contributed by atoms with Crippen LogP contribution >= 0.6 is 0 Å². The Hall–Kier alpha value is -3.16. The summed E-state index contributed by atoms with van der Waals surface area (Å²) in [7, 11) is 0. The van der Waals surface area contributed by atoms with E-state index in [9.17, 15) is 18.4 Å². The third-order valence-electron chi connectivity index (χ3n) is 6.09. The molecule has 1 aliphatic rings. The number of piperazine rings is 1. The number of halogens is 2. The van der Waals surface area contributed by atoms with Gasteiger partial charge in [-0.3, -0.25) is 9.68 Å². The van der Waals surface area contributed by atoms with E-state index in [0.717, 1.165) is 11.8 Å². The predicted molar refractivity (Wildman–Crippen MR) is 116 cm³/mol. The van der Waals surface area contributed by atoms with Crippen molar-refractivity contribution in [3.63, 3.8) is 0 Å². The van der Waals surface area contributed by atoms with Crippen LogP contribution in [0.5, 0.6) is 5.75 Å². The maximum Gasteiger partial charge on any atom is 0.361 e. The molecular formula is C24H28F2N2O4. The fourth-order valence-corrected chi connectivity index (χ4v) is 3.16. The second-order valence-electron chi connectivity index (χ2n) is 8.73. The smallest absolute Gasteiger partial charge is 0.361 e. The van der Waals surface area contributed by atoms with Crippen LogP contribution in [-0.2, 0) is 9.68 Å². The highest BCUT2D eigenvalue weighted by molar-refractivity contribution is 5.94. The van der Waals surface area contributed by atoms with Gasteiger partial charge in [0, 0.05) is 44.0 Å². The van der Waals surface area contributed by atoms with Crippen LogP contribution in [0, 0.1) is 23.0 Å². The quantitative estimate of drug-likeness (QED) is 0.485. The van der Waals surface area contributed by atoms with Crippen LogP contribution < -0.4 is 9.79 Å². The van der Waals surface area contributed by atoms with Gasteiger partial charge in [0.15, 0.2) is 5.75 Å². The van der Waals surface area contributed by atoms with Gasteiger partial charge in [0.1, 0.15) is 11.6 Å². The molecule has 2 aromatic rings. The van der Waals surface area contributed by atoms with E-state index >= 15 is 0 Å². The minimum Gasteiger partial charge on any atom is -0.368 e. The first-order valence-electron chi connectivity index (χ1n) is 10.6. The zero-order valence-corrected chi connectivity index (χ0v) is 18.7. The second-order valence-corrected chi connectivity index (χ2v) is 8.73. The molecule has 172 valence electrons. The van der Waals surface area contributed by atoms with Crippen molar-refractivity contribution >= 4 is 17.6 Å². The molecule has 0 atom stereocenters. The number of benzene rings is 2. The molecular weight excluding hydrogens is 418 g/mol. The maximum absolute atomic E-state index is 13.9. The molecule has 0 unspecified atom stereocenters. The largest absolute Gasteiger partial charge is 0.368 e. The van der Waals surface area contributed by atoms with Crippen LogP contribution in [0.1, 0.15) is 38.1 Å². The van der Waals surface area contributed by atoms with E-state index in [1.54, 1.807) is 36.9 Å². The van der Waals surface area contributed by atoms with Crippen LogP contribution in [0.15, 0.2) is 42.5 Å². The fourth-order valence-electron chi connectivity index (χ4n) is 3.16. The molecule has 2 aromatic carbocycles. The Morgan fingerprint density at radius 1 is 1.00 bits per heavy atom. The normalized spacial score (nSPS) is 14.5. The Balaban J connectivity index is 1.59. The summed E-state index contributed by atoms with van der Waals surface area (Å²) < 4.78 is 27.0. The number of hydrogen-bond acceptors (Lipinski definition) is 5. The molecule has 1 heterocycles. The van der Waals surface area contributed by atoms with Crippen molar-refractivity contribution in [1.29, 1.82) is 0 Å². The van der Waals surface area contributed by atoms with Crippen molar-refractivity contribution in [2.24, 2.45) is 11.3 Å². The maximum atomic E-state index is 13.9. The van der Waals surface area contributed by atoms with Gasteiger partial charge in [0.2, 0.25) is 0 Å². The molecule has 32 heavy (non-hydrogen) atoms. The summed E-state index contributed by atoms with van der Waals surface area (Å²) in [6.45, 7) is 9.32. The number of rotatable bonds is 6. The molecule has 0 aromatic heterocycles. The molecule has 0 saturated carbocycles. The van der Waals surface area contributed by atoms with E-state index in [4.69, 9.17) is 9.78 Å². The van der Waals surface area contributed by atoms with Gasteiger partial charge >= 0.3 is 5.97 Å². The van der Waals surface area contributed by atoms with Gasteiger partial charge in [-0.2, -0.15) is 0 Å². The van der Waals surface area contributed by atoms with Crippen molar-refractivity contribution < 1.29 is 28.1 Å². The fraction of sp³-hybridized carbons (Fsp3) is 0.417. The van der Waals surface area contributed by atoms with Gasteiger partial charge < -0.3 is 9.80 Å². The lowest BCUT2D eigenvalue weighted by molar-refractivity contribution is -0.226. The zero-order valence-electron chi connectivity index (χ0n) is 18.7. The van der Waals surface area contributed by atoms with Gasteiger partial charge in [-0.05, 0) is 44.0 Å². The lowest BCUT2D eigenvalue weighted by Crippen LogP contribution is -2.49. The number of carbonyl (C=O) groups is 2. The van der Waals surface area contributed by atoms with Crippen molar-refractivity contribution in [2.75, 3.05) is 31.1 Å². The van der Waals surface area contributed by atoms with Crippen molar-refractivity contribution in [2.45, 2.75) is 27.7 Å². The highest BCUT2D eigenvalue weighted by Crippen LogP contribution is 2.29. The summed E-state index contributed by atoms with van der Waals surface area (Å²) in [5.41, 5.74) is 0.0351. The molecule has 0 radical (unpaired) electrons. The second kappa shape index (κ2) is 9.54. The number of hydrogen-bond donors (Lipinski definition) is 0. The molecule has 0 spiro atoms. The average Bonchev–Trinajstić information content (AvgIpc) is 2.77. The van der Waals surface area contributed by atoms with Crippen LogP contribution in [0.3, 0.4) is 0 Å². The van der Waals surface area contributed by atoms with E-state index in [2.05, 4.69) is 4.90 Å². The molecule has 6 nitrogen and oxygen atoms in total. The highest BCUT2D eigenvalue weighted by Gasteiger charge is 2.34. The van der Waals surface area contributed by atoms with E-state index in [1.165, 1.54) is 6.07 Å². The molecule has 1 amide bonds. The summed E-state index contributed by atoms with van der Waals surface area (Å²) in [6, 6.07) is 10.1. The molecule has 1 saturated heterocycles. The first-order chi connectivity index (χ1) is 15.1. The van der Waals surface area contributed by atoms with Gasteiger partial charge in [-0.15, -0.1) is 0 Å². The van der Waals surface area contributed by atoms with Crippen LogP contribution in [-0.4, -0.2) is 43.0 Å². The monoisotopic (exact) mass is 446 g/mol. The molecule has 8 heteroatoms. The zero-order chi connectivity index (χ0) is 23.5. The molecule has 0 aliphatic carbocycles.